The molecular formula is C30H42N4O. The number of rotatable bonds is 6. The molecule has 0 unspecified atom stereocenters. The molecule has 0 saturated carbocycles. The van der Waals surface area contributed by atoms with Gasteiger partial charge in [-0.15, -0.1) is 0 Å². The molecule has 0 atom stereocenters. The molecule has 1 aromatic carbocycles. The monoisotopic (exact) mass is 474 g/mol. The smallest absolute Gasteiger partial charge is 0.234 e. The molecular weight excluding hydrogens is 432 g/mol. The van der Waals surface area contributed by atoms with Crippen LogP contribution in [0.25, 0.3) is 22.2 Å². The van der Waals surface area contributed by atoms with Gasteiger partial charge in [-0.2, -0.15) is 0 Å². The fourth-order valence-corrected chi connectivity index (χ4v) is 5.34. The first-order chi connectivity index (χ1) is 16.5. The first kappa shape index (κ1) is 25.4. The number of aromatic nitrogens is 2. The average Bonchev–Trinajstić information content (AvgIpc) is 3.16. The van der Waals surface area contributed by atoms with Crippen LogP contribution in [0.3, 0.4) is 0 Å². The third-order valence-electron chi connectivity index (χ3n) is 7.05. The van der Waals surface area contributed by atoms with Gasteiger partial charge in [0.15, 0.2) is 0 Å². The molecule has 2 aromatic heterocycles. The molecule has 1 saturated heterocycles. The summed E-state index contributed by atoms with van der Waals surface area (Å²) in [6.45, 7) is 18.3. The summed E-state index contributed by atoms with van der Waals surface area (Å²) in [4.78, 5) is 22.9. The van der Waals surface area contributed by atoms with Gasteiger partial charge in [0.05, 0.1) is 12.2 Å². The lowest BCUT2D eigenvalue weighted by Crippen LogP contribution is -2.43. The molecule has 4 rings (SSSR count). The van der Waals surface area contributed by atoms with E-state index < -0.39 is 0 Å². The highest BCUT2D eigenvalue weighted by molar-refractivity contribution is 5.92. The number of nitrogens with one attached hydrogen (secondary N) is 2. The highest BCUT2D eigenvalue weighted by atomic mass is 16.2. The molecule has 0 radical (unpaired) electrons. The second-order valence-corrected chi connectivity index (χ2v) is 11.9. The minimum atomic E-state index is 0.114. The van der Waals surface area contributed by atoms with Crippen molar-refractivity contribution in [3.63, 3.8) is 0 Å². The van der Waals surface area contributed by atoms with Crippen LogP contribution in [0.15, 0.2) is 30.3 Å². The second-order valence-electron chi connectivity index (χ2n) is 11.9. The van der Waals surface area contributed by atoms with E-state index in [4.69, 9.17) is 0 Å². The molecule has 1 aliphatic rings. The predicted molar refractivity (Wildman–Crippen MR) is 146 cm³/mol. The third kappa shape index (κ3) is 6.13. The number of benzene rings is 1. The maximum atomic E-state index is 12.4. The van der Waals surface area contributed by atoms with Crippen molar-refractivity contribution in [3.05, 3.63) is 52.8 Å². The molecule has 0 spiro atoms. The predicted octanol–water partition coefficient (Wildman–Crippen LogP) is 6.31. The Morgan fingerprint density at radius 1 is 1.11 bits per heavy atom. The second kappa shape index (κ2) is 10.1. The number of carbonyl (C=O) groups excluding carboxylic acids is 1. The summed E-state index contributed by atoms with van der Waals surface area (Å²) in [5, 5.41) is 4.42. The number of piperidine rings is 1. The van der Waals surface area contributed by atoms with Gasteiger partial charge in [0.1, 0.15) is 0 Å². The van der Waals surface area contributed by atoms with Crippen molar-refractivity contribution in [3.8, 4) is 11.3 Å². The van der Waals surface area contributed by atoms with Crippen molar-refractivity contribution in [1.82, 2.24) is 20.2 Å². The topological polar surface area (TPSA) is 61.0 Å². The number of amides is 1. The van der Waals surface area contributed by atoms with Crippen molar-refractivity contribution in [1.29, 1.82) is 0 Å². The van der Waals surface area contributed by atoms with E-state index in [-0.39, 0.29) is 11.3 Å². The van der Waals surface area contributed by atoms with Crippen LogP contribution < -0.4 is 5.32 Å². The Morgan fingerprint density at radius 2 is 1.77 bits per heavy atom. The van der Waals surface area contributed by atoms with Crippen molar-refractivity contribution < 1.29 is 4.79 Å². The lowest BCUT2D eigenvalue weighted by Gasteiger charge is -2.32. The Morgan fingerprint density at radius 3 is 2.37 bits per heavy atom. The van der Waals surface area contributed by atoms with E-state index in [0.29, 0.717) is 18.4 Å². The molecule has 2 N–H and O–H groups in total. The van der Waals surface area contributed by atoms with Crippen LogP contribution in [0.2, 0.25) is 0 Å². The van der Waals surface area contributed by atoms with Gasteiger partial charge in [-0.05, 0) is 92.4 Å². The zero-order valence-corrected chi connectivity index (χ0v) is 22.6. The molecule has 188 valence electrons. The van der Waals surface area contributed by atoms with Crippen LogP contribution in [0, 0.1) is 19.3 Å². The van der Waals surface area contributed by atoms with Crippen LogP contribution in [0.5, 0.6) is 0 Å². The lowest BCUT2D eigenvalue weighted by atomic mass is 9.87. The van der Waals surface area contributed by atoms with Crippen LogP contribution >= 0.6 is 0 Å². The zero-order chi connectivity index (χ0) is 25.3. The number of nitrogens with zero attached hydrogens (tertiary/aromatic N) is 2. The summed E-state index contributed by atoms with van der Waals surface area (Å²) >= 11 is 0. The molecule has 5 heteroatoms. The normalized spacial score (nSPS) is 15.8. The number of aryl methyl sites for hydroxylation is 2. The summed E-state index contributed by atoms with van der Waals surface area (Å²) in [6, 6.07) is 11.3. The van der Waals surface area contributed by atoms with Crippen molar-refractivity contribution in [2.24, 2.45) is 5.41 Å². The van der Waals surface area contributed by atoms with Crippen LogP contribution in [0.1, 0.15) is 81.8 Å². The maximum Gasteiger partial charge on any atom is 0.234 e. The quantitative estimate of drug-likeness (QED) is 0.440. The summed E-state index contributed by atoms with van der Waals surface area (Å²) in [5.41, 5.74) is 8.66. The van der Waals surface area contributed by atoms with Crippen LogP contribution in [-0.2, 0) is 4.79 Å². The minimum Gasteiger partial charge on any atom is -0.354 e. The third-order valence-corrected chi connectivity index (χ3v) is 7.05. The molecule has 0 aliphatic carbocycles. The highest BCUT2D eigenvalue weighted by Gasteiger charge is 2.24. The van der Waals surface area contributed by atoms with E-state index in [0.717, 1.165) is 43.9 Å². The van der Waals surface area contributed by atoms with Gasteiger partial charge in [-0.1, -0.05) is 40.7 Å². The van der Waals surface area contributed by atoms with Crippen LogP contribution in [0.4, 0.5) is 0 Å². The average molecular weight is 475 g/mol. The zero-order valence-electron chi connectivity index (χ0n) is 22.6. The standard InChI is InChI=1S/C30H42N4O/c1-19(2)28-25-16-23(8-9-26(25)33-29(28)24-14-20(3)32-21(4)15-24)22-10-12-34(13-11-22)17-27(35)31-18-30(5,6)7/h8-9,14-16,19,22,33H,10-13,17-18H2,1-7H3,(H,31,35). The van der Waals surface area contributed by atoms with Crippen molar-refractivity contribution in [2.75, 3.05) is 26.2 Å². The first-order valence-electron chi connectivity index (χ1n) is 13.1. The number of carbonyl (C=O) groups is 1. The van der Waals surface area contributed by atoms with E-state index in [1.54, 1.807) is 0 Å². The molecule has 1 amide bonds. The van der Waals surface area contributed by atoms with E-state index in [9.17, 15) is 4.79 Å². The first-order valence-corrected chi connectivity index (χ1v) is 13.1. The molecule has 5 nitrogen and oxygen atoms in total. The number of H-pyrrole nitrogens is 1. The number of fused-ring (bicyclic) bond motifs is 1. The molecule has 35 heavy (non-hydrogen) atoms. The van der Waals surface area contributed by atoms with E-state index in [2.05, 4.69) is 99.0 Å². The molecule has 3 aromatic rings. The van der Waals surface area contributed by atoms with Gasteiger partial charge in [0.2, 0.25) is 5.91 Å². The largest absolute Gasteiger partial charge is 0.354 e. The Bertz CT molecular complexity index is 1170. The molecule has 0 bridgehead atoms. The lowest BCUT2D eigenvalue weighted by molar-refractivity contribution is -0.122. The van der Waals surface area contributed by atoms with Gasteiger partial charge in [0.25, 0.3) is 0 Å². The molecule has 1 aliphatic heterocycles. The van der Waals surface area contributed by atoms with Crippen molar-refractivity contribution >= 4 is 16.8 Å². The number of pyridine rings is 1. The summed E-state index contributed by atoms with van der Waals surface area (Å²) in [5.74, 6) is 1.09. The maximum absolute atomic E-state index is 12.4. The van der Waals surface area contributed by atoms with Crippen molar-refractivity contribution in [2.45, 2.75) is 73.1 Å². The fraction of sp³-hybridized carbons (Fsp3) is 0.533. The Balaban J connectivity index is 1.50. The van der Waals surface area contributed by atoms with Gasteiger partial charge in [0, 0.05) is 34.4 Å². The number of hydrogen-bond donors (Lipinski definition) is 2. The Hall–Kier alpha value is -2.66. The van der Waals surface area contributed by atoms with Gasteiger partial charge in [-0.25, -0.2) is 0 Å². The van der Waals surface area contributed by atoms with E-state index in [1.807, 2.05) is 0 Å². The van der Waals surface area contributed by atoms with Gasteiger partial charge < -0.3 is 10.3 Å². The summed E-state index contributed by atoms with van der Waals surface area (Å²) in [6.07, 6.45) is 2.18. The SMILES string of the molecule is Cc1cc(-c2[nH]c3ccc(C4CCN(CC(=O)NCC(C)(C)C)CC4)cc3c2C(C)C)cc(C)n1. The molecule has 3 heterocycles. The number of hydrogen-bond acceptors (Lipinski definition) is 3. The fourth-order valence-electron chi connectivity index (χ4n) is 5.34. The van der Waals surface area contributed by atoms with E-state index in [1.165, 1.54) is 33.3 Å². The highest BCUT2D eigenvalue weighted by Crippen LogP contribution is 2.38. The number of aromatic amines is 1. The summed E-state index contributed by atoms with van der Waals surface area (Å²) < 4.78 is 0. The van der Waals surface area contributed by atoms with E-state index >= 15 is 0 Å². The Kier molecular flexibility index (Phi) is 7.37. The summed E-state index contributed by atoms with van der Waals surface area (Å²) in [7, 11) is 0. The Labute approximate surface area is 210 Å². The van der Waals surface area contributed by atoms with Gasteiger partial charge in [-0.3, -0.25) is 14.7 Å². The minimum absolute atomic E-state index is 0.114. The van der Waals surface area contributed by atoms with Gasteiger partial charge >= 0.3 is 0 Å². The van der Waals surface area contributed by atoms with Crippen LogP contribution in [-0.4, -0.2) is 47.0 Å². The molecule has 1 fully saturated rings. The number of likely N-dealkylation sites (tertiary alicyclic amines) is 1.